The van der Waals surface area contributed by atoms with Crippen molar-refractivity contribution >= 4 is 33.4 Å². The molecule has 0 unspecified atom stereocenters. The first-order chi connectivity index (χ1) is 16.0. The van der Waals surface area contributed by atoms with Crippen LogP contribution in [-0.4, -0.2) is 36.0 Å². The molecule has 0 bridgehead atoms. The molecule has 2 aromatic carbocycles. The highest BCUT2D eigenvalue weighted by molar-refractivity contribution is 7.92. The molecule has 3 rings (SSSR count). The minimum absolute atomic E-state index is 0.0957. The second-order valence-corrected chi connectivity index (χ2v) is 8.68. The SMILES string of the molecule is Cn1c(NC(=O)COC(=O)c2ccccc2NS(=O)(=O)c2ccc(F)cc2)cc(=O)n(C)c1=O. The van der Waals surface area contributed by atoms with Crippen molar-refractivity contribution in [3.8, 4) is 0 Å². The maximum Gasteiger partial charge on any atom is 0.340 e. The van der Waals surface area contributed by atoms with Crippen molar-refractivity contribution in [2.45, 2.75) is 4.90 Å². The minimum atomic E-state index is -4.14. The van der Waals surface area contributed by atoms with E-state index in [2.05, 4.69) is 10.0 Å². The van der Waals surface area contributed by atoms with Gasteiger partial charge in [-0.3, -0.25) is 23.4 Å². The number of rotatable bonds is 7. The number of sulfonamides is 1. The van der Waals surface area contributed by atoms with Gasteiger partial charge in [-0.05, 0) is 36.4 Å². The fourth-order valence-corrected chi connectivity index (χ4v) is 3.89. The lowest BCUT2D eigenvalue weighted by atomic mass is 10.2. The number of hydrogen-bond acceptors (Lipinski definition) is 7. The molecule has 0 aliphatic rings. The number of benzene rings is 2. The molecule has 178 valence electrons. The average Bonchev–Trinajstić information content (AvgIpc) is 2.80. The largest absolute Gasteiger partial charge is 0.452 e. The number of halogens is 1. The number of hydrogen-bond donors (Lipinski definition) is 2. The van der Waals surface area contributed by atoms with Crippen LogP contribution in [0.3, 0.4) is 0 Å². The Morgan fingerprint density at radius 2 is 1.65 bits per heavy atom. The molecule has 0 aliphatic carbocycles. The van der Waals surface area contributed by atoms with Crippen LogP contribution in [0.5, 0.6) is 0 Å². The third kappa shape index (κ3) is 5.38. The summed E-state index contributed by atoms with van der Waals surface area (Å²) in [5.41, 5.74) is -1.60. The summed E-state index contributed by atoms with van der Waals surface area (Å²) in [5.74, 6) is -2.55. The number of esters is 1. The highest BCUT2D eigenvalue weighted by Gasteiger charge is 2.20. The van der Waals surface area contributed by atoms with Gasteiger partial charge < -0.3 is 10.1 Å². The Kier molecular flexibility index (Phi) is 6.96. The molecular formula is C21H19FN4O7S. The van der Waals surface area contributed by atoms with Gasteiger partial charge in [0, 0.05) is 20.2 Å². The van der Waals surface area contributed by atoms with Crippen LogP contribution in [-0.2, 0) is 33.7 Å². The van der Waals surface area contributed by atoms with Gasteiger partial charge in [0.25, 0.3) is 21.5 Å². The van der Waals surface area contributed by atoms with Crippen LogP contribution in [0.1, 0.15) is 10.4 Å². The van der Waals surface area contributed by atoms with Crippen molar-refractivity contribution in [1.29, 1.82) is 0 Å². The minimum Gasteiger partial charge on any atom is -0.452 e. The zero-order valence-electron chi connectivity index (χ0n) is 17.9. The molecule has 0 radical (unpaired) electrons. The number of anilines is 2. The van der Waals surface area contributed by atoms with Crippen molar-refractivity contribution in [2.24, 2.45) is 14.1 Å². The molecular weight excluding hydrogens is 471 g/mol. The maximum atomic E-state index is 13.1. The molecule has 0 fully saturated rings. The first-order valence-electron chi connectivity index (χ1n) is 9.61. The summed E-state index contributed by atoms with van der Waals surface area (Å²) in [6, 6.07) is 10.6. The Bertz CT molecular complexity index is 1480. The van der Waals surface area contributed by atoms with Crippen LogP contribution in [0.25, 0.3) is 0 Å². The van der Waals surface area contributed by atoms with E-state index in [1.807, 2.05) is 0 Å². The Morgan fingerprint density at radius 3 is 2.32 bits per heavy atom. The molecule has 11 nitrogen and oxygen atoms in total. The summed E-state index contributed by atoms with van der Waals surface area (Å²) < 4.78 is 47.3. The van der Waals surface area contributed by atoms with Crippen molar-refractivity contribution in [3.05, 3.63) is 86.8 Å². The highest BCUT2D eigenvalue weighted by Crippen LogP contribution is 2.21. The molecule has 0 aliphatic heterocycles. The van der Waals surface area contributed by atoms with Crippen LogP contribution in [0.2, 0.25) is 0 Å². The van der Waals surface area contributed by atoms with E-state index in [1.54, 1.807) is 0 Å². The molecule has 34 heavy (non-hydrogen) atoms. The normalized spacial score (nSPS) is 11.0. The maximum absolute atomic E-state index is 13.1. The highest BCUT2D eigenvalue weighted by atomic mass is 32.2. The van der Waals surface area contributed by atoms with E-state index < -0.39 is 45.6 Å². The van der Waals surface area contributed by atoms with Gasteiger partial charge in [0.2, 0.25) is 0 Å². The number of nitrogens with one attached hydrogen (secondary N) is 2. The van der Waals surface area contributed by atoms with Gasteiger partial charge in [0.1, 0.15) is 11.6 Å². The van der Waals surface area contributed by atoms with Crippen molar-refractivity contribution in [3.63, 3.8) is 0 Å². The summed E-state index contributed by atoms with van der Waals surface area (Å²) in [6.07, 6.45) is 0. The lowest BCUT2D eigenvalue weighted by Crippen LogP contribution is -2.38. The standard InChI is InChI=1S/C21H19FN4O7S/c1-25-17(11-19(28)26(2)21(25)30)23-18(27)12-33-20(29)15-5-3-4-6-16(15)24-34(31,32)14-9-7-13(22)8-10-14/h3-11,24H,12H2,1-2H3,(H,23,27). The summed E-state index contributed by atoms with van der Waals surface area (Å²) in [5, 5.41) is 2.30. The fourth-order valence-electron chi connectivity index (χ4n) is 2.81. The summed E-state index contributed by atoms with van der Waals surface area (Å²) in [6.45, 7) is -0.777. The van der Waals surface area contributed by atoms with Crippen molar-refractivity contribution < 1.29 is 27.1 Å². The second-order valence-electron chi connectivity index (χ2n) is 7.00. The van der Waals surface area contributed by atoms with Gasteiger partial charge in [-0.25, -0.2) is 22.4 Å². The smallest absolute Gasteiger partial charge is 0.340 e. The van der Waals surface area contributed by atoms with Gasteiger partial charge in [-0.1, -0.05) is 12.1 Å². The van der Waals surface area contributed by atoms with E-state index in [4.69, 9.17) is 4.74 Å². The number of carbonyl (C=O) groups excluding carboxylic acids is 2. The summed E-state index contributed by atoms with van der Waals surface area (Å²) in [7, 11) is -1.52. The molecule has 0 saturated carbocycles. The third-order valence-electron chi connectivity index (χ3n) is 4.64. The van der Waals surface area contributed by atoms with Gasteiger partial charge in [0.15, 0.2) is 6.61 Å². The predicted octanol–water partition coefficient (Wildman–Crippen LogP) is 0.819. The van der Waals surface area contributed by atoms with E-state index in [-0.39, 0.29) is 22.0 Å². The average molecular weight is 490 g/mol. The van der Waals surface area contributed by atoms with Crippen LogP contribution < -0.4 is 21.3 Å². The zero-order valence-corrected chi connectivity index (χ0v) is 18.8. The molecule has 0 saturated heterocycles. The van der Waals surface area contributed by atoms with Gasteiger partial charge in [-0.15, -0.1) is 0 Å². The molecule has 0 spiro atoms. The van der Waals surface area contributed by atoms with E-state index >= 15 is 0 Å². The topological polar surface area (TPSA) is 146 Å². The Morgan fingerprint density at radius 1 is 1.00 bits per heavy atom. The number of para-hydroxylation sites is 1. The van der Waals surface area contributed by atoms with E-state index in [0.717, 1.165) is 39.5 Å². The monoisotopic (exact) mass is 490 g/mol. The number of aromatic nitrogens is 2. The van der Waals surface area contributed by atoms with E-state index in [0.29, 0.717) is 0 Å². The first kappa shape index (κ1) is 24.4. The molecule has 1 aromatic heterocycles. The lowest BCUT2D eigenvalue weighted by molar-refractivity contribution is -0.119. The van der Waals surface area contributed by atoms with E-state index in [1.165, 1.54) is 38.4 Å². The molecule has 1 heterocycles. The second kappa shape index (κ2) is 9.70. The van der Waals surface area contributed by atoms with Crippen LogP contribution >= 0.6 is 0 Å². The Labute approximate surface area is 192 Å². The molecule has 0 atom stereocenters. The van der Waals surface area contributed by atoms with E-state index in [9.17, 15) is 32.0 Å². The Balaban J connectivity index is 1.72. The van der Waals surface area contributed by atoms with Gasteiger partial charge in [0.05, 0.1) is 16.1 Å². The number of nitrogens with zero attached hydrogens (tertiary/aromatic N) is 2. The summed E-state index contributed by atoms with van der Waals surface area (Å²) in [4.78, 5) is 48.2. The number of ether oxygens (including phenoxy) is 1. The van der Waals surface area contributed by atoms with Crippen LogP contribution in [0.15, 0.2) is 69.1 Å². The lowest BCUT2D eigenvalue weighted by Gasteiger charge is -2.13. The first-order valence-corrected chi connectivity index (χ1v) is 11.1. The fraction of sp³-hybridized carbons (Fsp3) is 0.143. The van der Waals surface area contributed by atoms with Crippen LogP contribution in [0.4, 0.5) is 15.9 Å². The molecule has 1 amide bonds. The summed E-state index contributed by atoms with van der Waals surface area (Å²) >= 11 is 0. The zero-order chi connectivity index (χ0) is 25.0. The predicted molar refractivity (Wildman–Crippen MR) is 119 cm³/mol. The third-order valence-corrected chi connectivity index (χ3v) is 6.02. The number of amides is 1. The quantitative estimate of drug-likeness (QED) is 0.466. The molecule has 2 N–H and O–H groups in total. The van der Waals surface area contributed by atoms with Gasteiger partial charge in [-0.2, -0.15) is 0 Å². The van der Waals surface area contributed by atoms with Crippen molar-refractivity contribution in [1.82, 2.24) is 9.13 Å². The van der Waals surface area contributed by atoms with Crippen molar-refractivity contribution in [2.75, 3.05) is 16.6 Å². The molecule has 3 aromatic rings. The number of carbonyl (C=O) groups is 2. The molecule has 13 heteroatoms. The van der Waals surface area contributed by atoms with Gasteiger partial charge >= 0.3 is 11.7 Å². The van der Waals surface area contributed by atoms with Crippen LogP contribution in [0, 0.1) is 5.82 Å². The Hall–Kier alpha value is -4.26.